The number of hydrogen-bond acceptors (Lipinski definition) is 5. The molecule has 0 aliphatic carbocycles. The van der Waals surface area contributed by atoms with Crippen LogP contribution in [0, 0.1) is 13.8 Å². The molecule has 0 atom stereocenters. The Morgan fingerprint density at radius 3 is 2.19 bits per heavy atom. The van der Waals surface area contributed by atoms with Crippen molar-refractivity contribution in [3.8, 4) is 5.69 Å². The molecule has 0 aliphatic heterocycles. The number of hydrogen-bond donors (Lipinski definition) is 1. The molecule has 7 nitrogen and oxygen atoms in total. The minimum atomic E-state index is -3.59. The summed E-state index contributed by atoms with van der Waals surface area (Å²) in [6.45, 7) is 12.1. The molecular formula is C23H31N5O2S. The highest BCUT2D eigenvalue weighted by molar-refractivity contribution is 7.89. The summed E-state index contributed by atoms with van der Waals surface area (Å²) >= 11 is 0. The molecule has 0 saturated heterocycles. The number of nitrogens with one attached hydrogen (secondary N) is 1. The molecule has 0 aliphatic rings. The summed E-state index contributed by atoms with van der Waals surface area (Å²) in [6.07, 6.45) is 1.42. The normalized spacial score (nSPS) is 12.2. The average molecular weight is 442 g/mol. The maximum atomic E-state index is 13.0. The van der Waals surface area contributed by atoms with Crippen LogP contribution in [0.1, 0.15) is 44.6 Å². The monoisotopic (exact) mass is 441 g/mol. The Balaban J connectivity index is 1.77. The van der Waals surface area contributed by atoms with Crippen molar-refractivity contribution < 1.29 is 8.42 Å². The molecule has 1 aromatic carbocycles. The summed E-state index contributed by atoms with van der Waals surface area (Å²) in [5.74, 6) is 0.617. The van der Waals surface area contributed by atoms with E-state index in [4.69, 9.17) is 0 Å². The van der Waals surface area contributed by atoms with Gasteiger partial charge in [-0.15, -0.1) is 0 Å². The van der Waals surface area contributed by atoms with Crippen molar-refractivity contribution in [2.24, 2.45) is 0 Å². The number of pyridine rings is 1. The van der Waals surface area contributed by atoms with E-state index in [1.165, 1.54) is 10.5 Å². The van der Waals surface area contributed by atoms with Crippen LogP contribution in [0.3, 0.4) is 0 Å². The van der Waals surface area contributed by atoms with Crippen molar-refractivity contribution >= 4 is 15.8 Å². The van der Waals surface area contributed by atoms with Crippen molar-refractivity contribution in [2.75, 3.05) is 5.32 Å². The SMILES string of the molecule is Cc1nn(-c2ccccc2)c(C)c1CNc1ccc(S(=O)(=O)N(C(C)C)C(C)C)cn1. The van der Waals surface area contributed by atoms with E-state index in [1.54, 1.807) is 12.1 Å². The third kappa shape index (κ3) is 4.80. The van der Waals surface area contributed by atoms with E-state index in [2.05, 4.69) is 15.4 Å². The Kier molecular flexibility index (Phi) is 6.81. The van der Waals surface area contributed by atoms with E-state index in [0.717, 1.165) is 22.6 Å². The van der Waals surface area contributed by atoms with E-state index in [1.807, 2.05) is 76.6 Å². The Morgan fingerprint density at radius 2 is 1.65 bits per heavy atom. The smallest absolute Gasteiger partial charge is 0.245 e. The van der Waals surface area contributed by atoms with Crippen molar-refractivity contribution in [2.45, 2.75) is 65.1 Å². The fraction of sp³-hybridized carbons (Fsp3) is 0.391. The van der Waals surface area contributed by atoms with Crippen molar-refractivity contribution in [3.63, 3.8) is 0 Å². The van der Waals surface area contributed by atoms with Crippen LogP contribution in [0.15, 0.2) is 53.6 Å². The topological polar surface area (TPSA) is 80.1 Å². The van der Waals surface area contributed by atoms with Crippen molar-refractivity contribution in [1.29, 1.82) is 0 Å². The van der Waals surface area contributed by atoms with E-state index in [0.29, 0.717) is 12.4 Å². The Bertz CT molecular complexity index is 1110. The van der Waals surface area contributed by atoms with Gasteiger partial charge in [-0.1, -0.05) is 18.2 Å². The zero-order valence-electron chi connectivity index (χ0n) is 19.0. The highest BCUT2D eigenvalue weighted by atomic mass is 32.2. The number of rotatable bonds is 8. The van der Waals surface area contributed by atoms with Gasteiger partial charge in [-0.05, 0) is 65.8 Å². The standard InChI is InChI=1S/C23H31N5O2S/c1-16(2)28(17(3)4)31(29,30)21-12-13-23(24-14-21)25-15-22-18(5)26-27(19(22)6)20-10-8-7-9-11-20/h7-14,16-17H,15H2,1-6H3,(H,24,25). The molecule has 0 saturated carbocycles. The van der Waals surface area contributed by atoms with Crippen LogP contribution in [-0.2, 0) is 16.6 Å². The first kappa shape index (κ1) is 23.0. The third-order valence-corrected chi connectivity index (χ3v) is 7.45. The summed E-state index contributed by atoms with van der Waals surface area (Å²) < 4.78 is 29.4. The van der Waals surface area contributed by atoms with Gasteiger partial charge in [0.05, 0.1) is 11.4 Å². The molecule has 31 heavy (non-hydrogen) atoms. The maximum Gasteiger partial charge on any atom is 0.245 e. The summed E-state index contributed by atoms with van der Waals surface area (Å²) in [6, 6.07) is 13.1. The summed E-state index contributed by atoms with van der Waals surface area (Å²) in [7, 11) is -3.59. The van der Waals surface area contributed by atoms with Gasteiger partial charge in [-0.3, -0.25) is 0 Å². The second kappa shape index (κ2) is 9.20. The van der Waals surface area contributed by atoms with Crippen LogP contribution < -0.4 is 5.32 Å². The second-order valence-corrected chi connectivity index (χ2v) is 10.00. The van der Waals surface area contributed by atoms with Crippen LogP contribution in [0.2, 0.25) is 0 Å². The minimum Gasteiger partial charge on any atom is -0.366 e. The predicted molar refractivity (Wildman–Crippen MR) is 124 cm³/mol. The van der Waals surface area contributed by atoms with Crippen molar-refractivity contribution in [1.82, 2.24) is 19.1 Å². The summed E-state index contributed by atoms with van der Waals surface area (Å²) in [4.78, 5) is 4.54. The number of para-hydroxylation sites is 1. The number of nitrogens with zero attached hydrogens (tertiary/aromatic N) is 4. The van der Waals surface area contributed by atoms with Crippen LogP contribution in [0.4, 0.5) is 5.82 Å². The first-order chi connectivity index (χ1) is 14.6. The number of anilines is 1. The van der Waals surface area contributed by atoms with Gasteiger partial charge in [0.1, 0.15) is 10.7 Å². The average Bonchev–Trinajstić information content (AvgIpc) is 3.00. The first-order valence-corrected chi connectivity index (χ1v) is 11.9. The summed E-state index contributed by atoms with van der Waals surface area (Å²) in [5, 5.41) is 7.95. The Hall–Kier alpha value is -2.71. The van der Waals surface area contributed by atoms with Gasteiger partial charge >= 0.3 is 0 Å². The van der Waals surface area contributed by atoms with Gasteiger partial charge in [-0.25, -0.2) is 18.1 Å². The highest BCUT2D eigenvalue weighted by Crippen LogP contribution is 2.22. The van der Waals surface area contributed by atoms with Gasteiger partial charge in [0, 0.05) is 36.1 Å². The van der Waals surface area contributed by atoms with E-state index in [-0.39, 0.29) is 17.0 Å². The molecule has 0 fully saturated rings. The molecule has 3 aromatic rings. The van der Waals surface area contributed by atoms with Gasteiger partial charge in [-0.2, -0.15) is 9.40 Å². The molecule has 166 valence electrons. The van der Waals surface area contributed by atoms with Gasteiger partial charge in [0.25, 0.3) is 0 Å². The molecule has 1 N–H and O–H groups in total. The number of aromatic nitrogens is 3. The Labute approximate surface area is 185 Å². The van der Waals surface area contributed by atoms with Crippen molar-refractivity contribution in [3.05, 3.63) is 65.6 Å². The number of benzene rings is 1. The lowest BCUT2D eigenvalue weighted by molar-refractivity contribution is 0.302. The number of sulfonamides is 1. The van der Waals surface area contributed by atoms with Gasteiger partial charge < -0.3 is 5.32 Å². The molecule has 0 unspecified atom stereocenters. The minimum absolute atomic E-state index is 0.130. The van der Waals surface area contributed by atoms with Crippen LogP contribution in [0.5, 0.6) is 0 Å². The number of aryl methyl sites for hydroxylation is 1. The lowest BCUT2D eigenvalue weighted by atomic mass is 10.2. The molecule has 0 amide bonds. The van der Waals surface area contributed by atoms with E-state index < -0.39 is 10.0 Å². The fourth-order valence-electron chi connectivity index (χ4n) is 3.84. The second-order valence-electron chi connectivity index (χ2n) is 8.15. The molecule has 0 spiro atoms. The lowest BCUT2D eigenvalue weighted by Gasteiger charge is -2.29. The molecule has 2 heterocycles. The maximum absolute atomic E-state index is 13.0. The Morgan fingerprint density at radius 1 is 1.00 bits per heavy atom. The zero-order valence-corrected chi connectivity index (χ0v) is 19.8. The van der Waals surface area contributed by atoms with E-state index in [9.17, 15) is 8.42 Å². The quantitative estimate of drug-likeness (QED) is 0.564. The first-order valence-electron chi connectivity index (χ1n) is 10.5. The fourth-order valence-corrected chi connectivity index (χ4v) is 5.62. The molecule has 3 rings (SSSR count). The highest BCUT2D eigenvalue weighted by Gasteiger charge is 2.29. The third-order valence-electron chi connectivity index (χ3n) is 5.22. The predicted octanol–water partition coefficient (Wildman–Crippen LogP) is 4.30. The largest absolute Gasteiger partial charge is 0.366 e. The lowest BCUT2D eigenvalue weighted by Crippen LogP contribution is -2.41. The van der Waals surface area contributed by atoms with Crippen LogP contribution in [0.25, 0.3) is 5.69 Å². The molecule has 2 aromatic heterocycles. The molecule has 8 heteroatoms. The van der Waals surface area contributed by atoms with Gasteiger partial charge in [0.2, 0.25) is 10.0 Å². The zero-order chi connectivity index (χ0) is 22.8. The van der Waals surface area contributed by atoms with Crippen LogP contribution in [-0.4, -0.2) is 39.6 Å². The van der Waals surface area contributed by atoms with Crippen LogP contribution >= 0.6 is 0 Å². The van der Waals surface area contributed by atoms with E-state index >= 15 is 0 Å². The molecule has 0 radical (unpaired) electrons. The molecular weight excluding hydrogens is 410 g/mol. The van der Waals surface area contributed by atoms with Gasteiger partial charge in [0.15, 0.2) is 0 Å². The summed E-state index contributed by atoms with van der Waals surface area (Å²) in [5.41, 5.74) is 4.10. The molecule has 0 bridgehead atoms.